The van der Waals surface area contributed by atoms with Gasteiger partial charge in [-0.15, -0.1) is 0 Å². The lowest BCUT2D eigenvalue weighted by Crippen LogP contribution is -2.08. The first-order chi connectivity index (χ1) is 9.34. The first kappa shape index (κ1) is 14.2. The highest BCUT2D eigenvalue weighted by Crippen LogP contribution is 2.39. The van der Waals surface area contributed by atoms with E-state index in [1.165, 1.54) is 22.9 Å². The molecular formula is C13H14F3N3O. The van der Waals surface area contributed by atoms with Crippen molar-refractivity contribution in [2.24, 2.45) is 7.05 Å². The first-order valence-electron chi connectivity index (χ1n) is 6.00. The zero-order valence-corrected chi connectivity index (χ0v) is 11.0. The summed E-state index contributed by atoms with van der Waals surface area (Å²) in [7, 11) is 1.57. The van der Waals surface area contributed by atoms with E-state index in [0.29, 0.717) is 12.1 Å². The molecule has 1 heterocycles. The number of aryl methyl sites for hydroxylation is 2. The van der Waals surface area contributed by atoms with E-state index in [1.54, 1.807) is 7.05 Å². The standard InChI is InChI=1S/C13H14F3N3O/c1-3-9-11(17)12(19(2)18-9)20-10-7-5-4-6-8(10)13(14,15)16/h4-7H,3,17H2,1-2H3. The molecule has 4 nitrogen and oxygen atoms in total. The number of nitrogens with two attached hydrogens (primary N) is 1. The van der Waals surface area contributed by atoms with Gasteiger partial charge in [0.1, 0.15) is 11.4 Å². The predicted molar refractivity (Wildman–Crippen MR) is 68.5 cm³/mol. The number of aromatic nitrogens is 2. The van der Waals surface area contributed by atoms with Crippen molar-refractivity contribution >= 4 is 5.69 Å². The topological polar surface area (TPSA) is 53.1 Å². The Morgan fingerprint density at radius 3 is 2.50 bits per heavy atom. The molecule has 0 atom stereocenters. The molecule has 1 aromatic heterocycles. The van der Waals surface area contributed by atoms with Crippen LogP contribution in [0.25, 0.3) is 0 Å². The van der Waals surface area contributed by atoms with Crippen LogP contribution < -0.4 is 10.5 Å². The summed E-state index contributed by atoms with van der Waals surface area (Å²) in [5.41, 5.74) is 5.83. The van der Waals surface area contributed by atoms with Crippen LogP contribution in [0.3, 0.4) is 0 Å². The summed E-state index contributed by atoms with van der Waals surface area (Å²) >= 11 is 0. The summed E-state index contributed by atoms with van der Waals surface area (Å²) in [6, 6.07) is 4.99. The Morgan fingerprint density at radius 1 is 1.30 bits per heavy atom. The van der Waals surface area contributed by atoms with Gasteiger partial charge in [-0.3, -0.25) is 0 Å². The number of halogens is 3. The second-order valence-corrected chi connectivity index (χ2v) is 4.24. The molecule has 1 aromatic carbocycles. The minimum absolute atomic E-state index is 0.110. The molecule has 2 rings (SSSR count). The van der Waals surface area contributed by atoms with Crippen LogP contribution in [0, 0.1) is 0 Å². The van der Waals surface area contributed by atoms with E-state index < -0.39 is 11.7 Å². The molecule has 0 aliphatic heterocycles. The van der Waals surface area contributed by atoms with Gasteiger partial charge in [0.2, 0.25) is 5.88 Å². The zero-order valence-electron chi connectivity index (χ0n) is 11.0. The average Bonchev–Trinajstić information content (AvgIpc) is 2.65. The van der Waals surface area contributed by atoms with E-state index in [2.05, 4.69) is 5.10 Å². The Bertz CT molecular complexity index is 620. The van der Waals surface area contributed by atoms with E-state index in [9.17, 15) is 13.2 Å². The number of hydrogen-bond donors (Lipinski definition) is 1. The third-order valence-electron chi connectivity index (χ3n) is 2.84. The SMILES string of the molecule is CCc1nn(C)c(Oc2ccccc2C(F)(F)F)c1N. The maximum Gasteiger partial charge on any atom is 0.419 e. The molecule has 7 heteroatoms. The molecule has 0 amide bonds. The van der Waals surface area contributed by atoms with Crippen molar-refractivity contribution in [1.29, 1.82) is 0 Å². The van der Waals surface area contributed by atoms with Gasteiger partial charge in [0.05, 0.1) is 11.3 Å². The van der Waals surface area contributed by atoms with E-state index >= 15 is 0 Å². The molecule has 0 unspecified atom stereocenters. The molecule has 108 valence electrons. The molecule has 0 radical (unpaired) electrons. The second kappa shape index (κ2) is 5.07. The molecule has 2 aromatic rings. The van der Waals surface area contributed by atoms with E-state index in [4.69, 9.17) is 10.5 Å². The van der Waals surface area contributed by atoms with Crippen molar-refractivity contribution in [3.8, 4) is 11.6 Å². The molecule has 0 saturated heterocycles. The maximum absolute atomic E-state index is 12.9. The zero-order chi connectivity index (χ0) is 14.9. The summed E-state index contributed by atoms with van der Waals surface area (Å²) in [6.45, 7) is 1.85. The Hall–Kier alpha value is -2.18. The molecule has 0 fully saturated rings. The number of benzene rings is 1. The third kappa shape index (κ3) is 2.56. The monoisotopic (exact) mass is 285 g/mol. The smallest absolute Gasteiger partial charge is 0.419 e. The molecule has 0 aliphatic rings. The number of anilines is 1. The Labute approximate surface area is 114 Å². The fourth-order valence-corrected chi connectivity index (χ4v) is 1.85. The summed E-state index contributed by atoms with van der Waals surface area (Å²) in [5, 5.41) is 4.10. The molecule has 2 N–H and O–H groups in total. The van der Waals surface area contributed by atoms with E-state index in [-0.39, 0.29) is 17.3 Å². The van der Waals surface area contributed by atoms with Crippen LogP contribution in [0.15, 0.2) is 24.3 Å². The summed E-state index contributed by atoms with van der Waals surface area (Å²) in [5.74, 6) is -0.184. The van der Waals surface area contributed by atoms with Crippen LogP contribution in [0.1, 0.15) is 18.2 Å². The van der Waals surface area contributed by atoms with Crippen molar-refractivity contribution < 1.29 is 17.9 Å². The molecule has 0 spiro atoms. The van der Waals surface area contributed by atoms with Gasteiger partial charge < -0.3 is 10.5 Å². The van der Waals surface area contributed by atoms with Crippen LogP contribution in [-0.2, 0) is 19.6 Å². The van der Waals surface area contributed by atoms with Crippen LogP contribution in [0.4, 0.5) is 18.9 Å². The number of hydrogen-bond acceptors (Lipinski definition) is 3. The van der Waals surface area contributed by atoms with Crippen LogP contribution in [0.2, 0.25) is 0 Å². The maximum atomic E-state index is 12.9. The Morgan fingerprint density at radius 2 is 1.95 bits per heavy atom. The molecular weight excluding hydrogens is 271 g/mol. The number of alkyl halides is 3. The van der Waals surface area contributed by atoms with Crippen LogP contribution >= 0.6 is 0 Å². The fourth-order valence-electron chi connectivity index (χ4n) is 1.85. The lowest BCUT2D eigenvalue weighted by Gasteiger charge is -2.13. The van der Waals surface area contributed by atoms with Crippen molar-refractivity contribution in [2.75, 3.05) is 5.73 Å². The van der Waals surface area contributed by atoms with Crippen molar-refractivity contribution in [3.63, 3.8) is 0 Å². The van der Waals surface area contributed by atoms with Gasteiger partial charge in [-0.1, -0.05) is 19.1 Å². The van der Waals surface area contributed by atoms with Gasteiger partial charge >= 0.3 is 6.18 Å². The highest BCUT2D eigenvalue weighted by molar-refractivity contribution is 5.55. The lowest BCUT2D eigenvalue weighted by atomic mass is 10.2. The van der Waals surface area contributed by atoms with Crippen LogP contribution in [0.5, 0.6) is 11.6 Å². The normalized spacial score (nSPS) is 11.7. The van der Waals surface area contributed by atoms with Gasteiger partial charge in [-0.25, -0.2) is 4.68 Å². The average molecular weight is 285 g/mol. The van der Waals surface area contributed by atoms with Crippen molar-refractivity contribution in [2.45, 2.75) is 19.5 Å². The molecule has 0 saturated carbocycles. The van der Waals surface area contributed by atoms with Crippen molar-refractivity contribution in [3.05, 3.63) is 35.5 Å². The summed E-state index contributed by atoms with van der Waals surface area (Å²) < 4.78 is 45.3. The molecule has 0 aliphatic carbocycles. The highest BCUT2D eigenvalue weighted by Gasteiger charge is 2.34. The Kier molecular flexibility index (Phi) is 3.61. The number of nitrogens with zero attached hydrogens (tertiary/aromatic N) is 2. The first-order valence-corrected chi connectivity index (χ1v) is 6.00. The highest BCUT2D eigenvalue weighted by atomic mass is 19.4. The van der Waals surface area contributed by atoms with Gasteiger partial charge in [0.15, 0.2) is 0 Å². The quantitative estimate of drug-likeness (QED) is 0.940. The molecule has 20 heavy (non-hydrogen) atoms. The van der Waals surface area contributed by atoms with Gasteiger partial charge in [0, 0.05) is 7.05 Å². The summed E-state index contributed by atoms with van der Waals surface area (Å²) in [6.07, 6.45) is -3.92. The molecule has 0 bridgehead atoms. The largest absolute Gasteiger partial charge is 0.437 e. The van der Waals surface area contributed by atoms with E-state index in [0.717, 1.165) is 6.07 Å². The Balaban J connectivity index is 2.44. The number of ether oxygens (including phenoxy) is 1. The predicted octanol–water partition coefficient (Wildman–Crippen LogP) is 3.38. The van der Waals surface area contributed by atoms with Crippen molar-refractivity contribution in [1.82, 2.24) is 9.78 Å². The minimum atomic E-state index is -4.49. The van der Waals surface area contributed by atoms with Gasteiger partial charge in [-0.05, 0) is 18.6 Å². The third-order valence-corrected chi connectivity index (χ3v) is 2.84. The number of rotatable bonds is 3. The van der Waals surface area contributed by atoms with Gasteiger partial charge in [-0.2, -0.15) is 18.3 Å². The van der Waals surface area contributed by atoms with E-state index in [1.807, 2.05) is 6.92 Å². The number of nitrogen functional groups attached to an aromatic ring is 1. The van der Waals surface area contributed by atoms with Gasteiger partial charge in [0.25, 0.3) is 0 Å². The fraction of sp³-hybridized carbons (Fsp3) is 0.308. The van der Waals surface area contributed by atoms with Crippen LogP contribution in [-0.4, -0.2) is 9.78 Å². The minimum Gasteiger partial charge on any atom is -0.437 e. The summed E-state index contributed by atoms with van der Waals surface area (Å²) in [4.78, 5) is 0. The lowest BCUT2D eigenvalue weighted by molar-refractivity contribution is -0.138. The number of para-hydroxylation sites is 1. The second-order valence-electron chi connectivity index (χ2n) is 4.24.